The van der Waals surface area contributed by atoms with E-state index in [1.165, 1.54) is 0 Å². The van der Waals surface area contributed by atoms with E-state index in [1.54, 1.807) is 13.2 Å². The summed E-state index contributed by atoms with van der Waals surface area (Å²) in [5.41, 5.74) is 0.901. The van der Waals surface area contributed by atoms with Gasteiger partial charge in [0.05, 0.1) is 7.11 Å². The highest BCUT2D eigenvalue weighted by atomic mass is 16.5. The Labute approximate surface area is 148 Å². The highest BCUT2D eigenvalue weighted by Gasteiger charge is 2.11. The molecule has 0 aliphatic rings. The number of rotatable bonds is 7. The molecule has 0 saturated carbocycles. The monoisotopic (exact) mass is 337 g/mol. The summed E-state index contributed by atoms with van der Waals surface area (Å²) in [7, 11) is 3.67. The zero-order valence-electron chi connectivity index (χ0n) is 14.6. The molecule has 4 heteroatoms. The summed E-state index contributed by atoms with van der Waals surface area (Å²) in [4.78, 5) is 2.14. The lowest BCUT2D eigenvalue weighted by atomic mass is 10.0. The number of para-hydroxylation sites is 1. The van der Waals surface area contributed by atoms with Gasteiger partial charge in [-0.3, -0.25) is 4.90 Å². The minimum atomic E-state index is 0.302. The van der Waals surface area contributed by atoms with Crippen LogP contribution in [-0.4, -0.2) is 37.3 Å². The van der Waals surface area contributed by atoms with Crippen LogP contribution in [0.25, 0.3) is 10.8 Å². The van der Waals surface area contributed by atoms with E-state index < -0.39 is 0 Å². The Bertz CT molecular complexity index is 833. The van der Waals surface area contributed by atoms with Gasteiger partial charge >= 0.3 is 0 Å². The summed E-state index contributed by atoms with van der Waals surface area (Å²) in [5, 5.41) is 12.4. The highest BCUT2D eigenvalue weighted by molar-refractivity contribution is 5.88. The zero-order chi connectivity index (χ0) is 17.6. The maximum atomic E-state index is 10.3. The maximum Gasteiger partial charge on any atom is 0.120 e. The third kappa shape index (κ3) is 4.22. The average Bonchev–Trinajstić information content (AvgIpc) is 2.64. The fourth-order valence-corrected chi connectivity index (χ4v) is 2.83. The fourth-order valence-electron chi connectivity index (χ4n) is 2.83. The Balaban J connectivity index is 1.69. The molecule has 25 heavy (non-hydrogen) atoms. The van der Waals surface area contributed by atoms with Crippen LogP contribution >= 0.6 is 0 Å². The summed E-state index contributed by atoms with van der Waals surface area (Å²) < 4.78 is 11.1. The number of ether oxygens (including phenoxy) is 2. The second kappa shape index (κ2) is 7.90. The normalized spacial score (nSPS) is 11.0. The lowest BCUT2D eigenvalue weighted by Crippen LogP contribution is -2.24. The molecule has 0 atom stereocenters. The number of methoxy groups -OCH3 is 1. The molecule has 0 amide bonds. The second-order valence-corrected chi connectivity index (χ2v) is 6.05. The van der Waals surface area contributed by atoms with Crippen molar-refractivity contribution in [1.29, 1.82) is 0 Å². The van der Waals surface area contributed by atoms with Gasteiger partial charge in [-0.15, -0.1) is 0 Å². The van der Waals surface area contributed by atoms with Crippen molar-refractivity contribution in [2.75, 3.05) is 27.3 Å². The number of nitrogens with zero attached hydrogens (tertiary/aromatic N) is 1. The number of aromatic hydroxyl groups is 1. The molecule has 0 unspecified atom stereocenters. The largest absolute Gasteiger partial charge is 0.508 e. The Kier molecular flexibility index (Phi) is 5.41. The number of phenols is 1. The van der Waals surface area contributed by atoms with Crippen LogP contribution in [0.4, 0.5) is 0 Å². The smallest absolute Gasteiger partial charge is 0.120 e. The van der Waals surface area contributed by atoms with Gasteiger partial charge in [0.25, 0.3) is 0 Å². The molecule has 0 heterocycles. The molecule has 3 aromatic carbocycles. The van der Waals surface area contributed by atoms with Crippen molar-refractivity contribution in [3.63, 3.8) is 0 Å². The van der Waals surface area contributed by atoms with Crippen molar-refractivity contribution in [3.8, 4) is 17.2 Å². The number of phenolic OH excluding ortho intramolecular Hbond substituents is 1. The predicted molar refractivity (Wildman–Crippen MR) is 100 cm³/mol. The molecule has 3 aromatic rings. The first-order valence-electron chi connectivity index (χ1n) is 8.32. The molecular formula is C21H23NO3. The molecule has 3 rings (SSSR count). The third-order valence-corrected chi connectivity index (χ3v) is 4.23. The first-order valence-corrected chi connectivity index (χ1v) is 8.32. The number of benzene rings is 3. The van der Waals surface area contributed by atoms with Gasteiger partial charge < -0.3 is 14.6 Å². The van der Waals surface area contributed by atoms with Crippen molar-refractivity contribution >= 4 is 10.8 Å². The van der Waals surface area contributed by atoms with Crippen LogP contribution in [0.5, 0.6) is 17.2 Å². The van der Waals surface area contributed by atoms with Gasteiger partial charge in [-0.05, 0) is 48.2 Å². The number of fused-ring (bicyclic) bond motifs is 1. The van der Waals surface area contributed by atoms with Gasteiger partial charge in [-0.2, -0.15) is 0 Å². The van der Waals surface area contributed by atoms with Crippen LogP contribution in [0.2, 0.25) is 0 Å². The van der Waals surface area contributed by atoms with E-state index in [4.69, 9.17) is 9.47 Å². The Morgan fingerprint density at radius 1 is 0.960 bits per heavy atom. The van der Waals surface area contributed by atoms with Crippen molar-refractivity contribution in [2.24, 2.45) is 0 Å². The molecule has 0 bridgehead atoms. The summed E-state index contributed by atoms with van der Waals surface area (Å²) >= 11 is 0. The van der Waals surface area contributed by atoms with E-state index in [-0.39, 0.29) is 0 Å². The van der Waals surface area contributed by atoms with Crippen LogP contribution in [0, 0.1) is 0 Å². The van der Waals surface area contributed by atoms with Gasteiger partial charge in [-0.25, -0.2) is 0 Å². The van der Waals surface area contributed by atoms with Gasteiger partial charge in [0, 0.05) is 18.7 Å². The minimum absolute atomic E-state index is 0.302. The SMILES string of the molecule is COc1ccc2ccc(O)c(CN(C)CCOc3ccccc3)c2c1. The van der Waals surface area contributed by atoms with Crippen LogP contribution in [-0.2, 0) is 6.54 Å². The number of hydrogen-bond acceptors (Lipinski definition) is 4. The summed E-state index contributed by atoms with van der Waals surface area (Å²) in [6, 6.07) is 19.4. The molecule has 0 aliphatic carbocycles. The summed E-state index contributed by atoms with van der Waals surface area (Å²) in [6.07, 6.45) is 0. The van der Waals surface area contributed by atoms with Gasteiger partial charge in [0.2, 0.25) is 0 Å². The predicted octanol–water partition coefficient (Wildman–Crippen LogP) is 4.06. The van der Waals surface area contributed by atoms with Crippen molar-refractivity contribution in [1.82, 2.24) is 4.90 Å². The lowest BCUT2D eigenvalue weighted by Gasteiger charge is -2.19. The Morgan fingerprint density at radius 3 is 2.48 bits per heavy atom. The lowest BCUT2D eigenvalue weighted by molar-refractivity contribution is 0.232. The van der Waals surface area contributed by atoms with Crippen molar-refractivity contribution < 1.29 is 14.6 Å². The third-order valence-electron chi connectivity index (χ3n) is 4.23. The second-order valence-electron chi connectivity index (χ2n) is 6.05. The minimum Gasteiger partial charge on any atom is -0.508 e. The molecule has 0 fully saturated rings. The number of likely N-dealkylation sites (N-methyl/N-ethyl adjacent to an activating group) is 1. The van der Waals surface area contributed by atoms with Gasteiger partial charge in [-0.1, -0.05) is 30.3 Å². The van der Waals surface area contributed by atoms with Gasteiger partial charge in [0.15, 0.2) is 0 Å². The van der Waals surface area contributed by atoms with E-state index in [0.29, 0.717) is 18.9 Å². The molecule has 0 saturated heterocycles. The van der Waals surface area contributed by atoms with E-state index in [2.05, 4.69) is 4.90 Å². The van der Waals surface area contributed by atoms with Crippen LogP contribution in [0.3, 0.4) is 0 Å². The Hall–Kier alpha value is -2.72. The molecule has 4 nitrogen and oxygen atoms in total. The topological polar surface area (TPSA) is 41.9 Å². The van der Waals surface area contributed by atoms with Crippen LogP contribution in [0.1, 0.15) is 5.56 Å². The first kappa shape index (κ1) is 17.1. The molecule has 0 spiro atoms. The molecular weight excluding hydrogens is 314 g/mol. The van der Waals surface area contributed by atoms with E-state index >= 15 is 0 Å². The molecule has 130 valence electrons. The van der Waals surface area contributed by atoms with Crippen molar-refractivity contribution in [2.45, 2.75) is 6.54 Å². The molecule has 0 aromatic heterocycles. The summed E-state index contributed by atoms with van der Waals surface area (Å²) in [6.45, 7) is 1.98. The quantitative estimate of drug-likeness (QED) is 0.706. The fraction of sp³-hybridized carbons (Fsp3) is 0.238. The average molecular weight is 337 g/mol. The van der Waals surface area contributed by atoms with Gasteiger partial charge in [0.1, 0.15) is 23.9 Å². The molecule has 0 aliphatic heterocycles. The zero-order valence-corrected chi connectivity index (χ0v) is 14.6. The van der Waals surface area contributed by atoms with E-state index in [0.717, 1.165) is 34.4 Å². The number of hydrogen-bond donors (Lipinski definition) is 1. The van der Waals surface area contributed by atoms with Crippen molar-refractivity contribution in [3.05, 3.63) is 66.2 Å². The van der Waals surface area contributed by atoms with Crippen LogP contribution < -0.4 is 9.47 Å². The van der Waals surface area contributed by atoms with E-state index in [1.807, 2.05) is 61.6 Å². The molecule has 0 radical (unpaired) electrons. The standard InChI is InChI=1S/C21H23NO3/c1-22(12-13-25-17-6-4-3-5-7-17)15-20-19-14-18(24-2)10-8-16(19)9-11-21(20)23/h3-11,14,23H,12-13,15H2,1-2H3. The highest BCUT2D eigenvalue weighted by Crippen LogP contribution is 2.30. The Morgan fingerprint density at radius 2 is 1.72 bits per heavy atom. The maximum absolute atomic E-state index is 10.3. The first-order chi connectivity index (χ1) is 12.2. The molecule has 1 N–H and O–H groups in total. The summed E-state index contributed by atoms with van der Waals surface area (Å²) in [5.74, 6) is 1.96. The van der Waals surface area contributed by atoms with E-state index in [9.17, 15) is 5.11 Å². The van der Waals surface area contributed by atoms with Crippen LogP contribution in [0.15, 0.2) is 60.7 Å².